The first-order valence-electron chi connectivity index (χ1n) is 12.6. The van der Waals surface area contributed by atoms with Gasteiger partial charge < -0.3 is 14.8 Å². The second-order valence-corrected chi connectivity index (χ2v) is 17.6. The van der Waals surface area contributed by atoms with Crippen molar-refractivity contribution in [3.8, 4) is 0 Å². The van der Waals surface area contributed by atoms with Crippen molar-refractivity contribution in [1.29, 1.82) is 0 Å². The SMILES string of the molecule is CC(=O)c1c(C(=O)c2cncnc2N[C@@H]2C[C@H](CO)[C@@H](O[Si](C(C)C)(C(C)C)C(C)C)C2)csc1Cl. The van der Waals surface area contributed by atoms with Gasteiger partial charge in [0.1, 0.15) is 16.5 Å². The van der Waals surface area contributed by atoms with Gasteiger partial charge in [0.05, 0.1) is 17.2 Å². The molecule has 0 spiro atoms. The average molecular weight is 552 g/mol. The van der Waals surface area contributed by atoms with Gasteiger partial charge in [-0.1, -0.05) is 53.1 Å². The fourth-order valence-corrected chi connectivity index (χ4v) is 12.8. The predicted molar refractivity (Wildman–Crippen MR) is 148 cm³/mol. The smallest absolute Gasteiger partial charge is 0.200 e. The molecule has 2 aromatic heterocycles. The molecule has 2 aromatic rings. The largest absolute Gasteiger partial charge is 0.413 e. The maximum absolute atomic E-state index is 13.4. The third-order valence-electron chi connectivity index (χ3n) is 7.57. The van der Waals surface area contributed by atoms with Gasteiger partial charge in [-0.15, -0.1) is 11.3 Å². The van der Waals surface area contributed by atoms with Crippen LogP contribution in [-0.4, -0.2) is 53.7 Å². The molecule has 2 N–H and O–H groups in total. The summed E-state index contributed by atoms with van der Waals surface area (Å²) < 4.78 is 7.33. The summed E-state index contributed by atoms with van der Waals surface area (Å²) >= 11 is 7.34. The van der Waals surface area contributed by atoms with Crippen molar-refractivity contribution < 1.29 is 19.1 Å². The van der Waals surface area contributed by atoms with Crippen molar-refractivity contribution in [3.63, 3.8) is 0 Å². The van der Waals surface area contributed by atoms with Crippen molar-refractivity contribution >= 4 is 48.6 Å². The highest BCUT2D eigenvalue weighted by atomic mass is 35.5. The fraction of sp³-hybridized carbons (Fsp3) is 0.615. The lowest BCUT2D eigenvalue weighted by Crippen LogP contribution is -2.51. The van der Waals surface area contributed by atoms with Gasteiger partial charge in [0.25, 0.3) is 0 Å². The third kappa shape index (κ3) is 5.60. The highest BCUT2D eigenvalue weighted by Crippen LogP contribution is 2.46. The van der Waals surface area contributed by atoms with Crippen LogP contribution in [0.1, 0.15) is 87.6 Å². The molecule has 3 rings (SSSR count). The van der Waals surface area contributed by atoms with E-state index in [0.29, 0.717) is 39.6 Å². The molecular formula is C26H38ClN3O4SSi. The number of anilines is 1. The quantitative estimate of drug-likeness (QED) is 0.247. The molecule has 1 saturated carbocycles. The standard InChI is InChI=1S/C26H38ClN3O4SSi/c1-14(2)36(15(3)4,16(5)6)34-22-9-19(8-18(22)11-31)30-26-20(10-28-13-29-26)24(33)21-12-35-25(27)23(21)17(7)32/h10,12-16,18-19,22,31H,8-9,11H2,1-7H3,(H,28,29,30)/t18-,19-,22+/m1/s1. The molecule has 36 heavy (non-hydrogen) atoms. The molecule has 0 amide bonds. The first-order chi connectivity index (χ1) is 16.9. The average Bonchev–Trinajstić information content (AvgIpc) is 3.39. The van der Waals surface area contributed by atoms with Crippen molar-refractivity contribution in [2.24, 2.45) is 5.92 Å². The number of hydrogen-bond donors (Lipinski definition) is 2. The Morgan fingerprint density at radius 1 is 1.17 bits per heavy atom. The molecule has 0 aliphatic heterocycles. The second-order valence-electron chi connectivity index (χ2n) is 10.7. The van der Waals surface area contributed by atoms with E-state index < -0.39 is 8.32 Å². The zero-order valence-corrected chi connectivity index (χ0v) is 24.7. The van der Waals surface area contributed by atoms with Gasteiger partial charge in [-0.2, -0.15) is 0 Å². The zero-order chi connectivity index (χ0) is 26.8. The molecule has 0 radical (unpaired) electrons. The van der Waals surface area contributed by atoms with E-state index in [9.17, 15) is 14.7 Å². The van der Waals surface area contributed by atoms with Crippen molar-refractivity contribution in [2.45, 2.75) is 90.1 Å². The number of nitrogens with one attached hydrogen (secondary N) is 1. The Bertz CT molecular complexity index is 1070. The Balaban J connectivity index is 1.85. The maximum Gasteiger partial charge on any atom is 0.200 e. The summed E-state index contributed by atoms with van der Waals surface area (Å²) in [5, 5.41) is 15.2. The molecule has 1 aliphatic carbocycles. The van der Waals surface area contributed by atoms with Gasteiger partial charge in [0, 0.05) is 35.7 Å². The molecule has 0 bridgehead atoms. The van der Waals surface area contributed by atoms with E-state index in [1.807, 2.05) is 0 Å². The maximum atomic E-state index is 13.4. The van der Waals surface area contributed by atoms with Crippen molar-refractivity contribution in [1.82, 2.24) is 9.97 Å². The number of aromatic nitrogens is 2. The summed E-state index contributed by atoms with van der Waals surface area (Å²) in [6, 6.07) is -0.0230. The second kappa shape index (κ2) is 11.8. The van der Waals surface area contributed by atoms with Gasteiger partial charge >= 0.3 is 0 Å². The van der Waals surface area contributed by atoms with Gasteiger partial charge in [-0.05, 0) is 36.4 Å². The molecule has 0 aromatic carbocycles. The highest BCUT2D eigenvalue weighted by molar-refractivity contribution is 7.15. The Hall–Kier alpha value is -1.65. The van der Waals surface area contributed by atoms with Crippen LogP contribution in [0.4, 0.5) is 5.82 Å². The van der Waals surface area contributed by atoms with E-state index in [1.54, 1.807) is 5.38 Å². The first-order valence-corrected chi connectivity index (χ1v) is 16.0. The minimum Gasteiger partial charge on any atom is -0.413 e. The molecule has 10 heteroatoms. The van der Waals surface area contributed by atoms with Gasteiger partial charge in [-0.3, -0.25) is 9.59 Å². The molecule has 0 saturated heterocycles. The Morgan fingerprint density at radius 2 is 1.81 bits per heavy atom. The normalized spacial score (nSPS) is 20.5. The number of Topliss-reactive ketones (excluding diaryl/α,β-unsaturated/α-hetero) is 1. The molecule has 1 aliphatic rings. The molecule has 7 nitrogen and oxygen atoms in total. The van der Waals surface area contributed by atoms with E-state index in [2.05, 4.69) is 56.8 Å². The van der Waals surface area contributed by atoms with Crippen LogP contribution < -0.4 is 5.32 Å². The summed E-state index contributed by atoms with van der Waals surface area (Å²) in [5.74, 6) is -0.187. The van der Waals surface area contributed by atoms with E-state index in [-0.39, 0.29) is 52.9 Å². The lowest BCUT2D eigenvalue weighted by Gasteiger charge is -2.45. The van der Waals surface area contributed by atoms with Gasteiger partial charge in [-0.25, -0.2) is 9.97 Å². The minimum atomic E-state index is -2.12. The van der Waals surface area contributed by atoms with Crippen LogP contribution in [-0.2, 0) is 4.43 Å². The molecule has 1 fully saturated rings. The zero-order valence-electron chi connectivity index (χ0n) is 22.2. The number of aliphatic hydroxyl groups is 1. The van der Waals surface area contributed by atoms with E-state index in [0.717, 1.165) is 11.3 Å². The van der Waals surface area contributed by atoms with Crippen LogP contribution in [0.2, 0.25) is 21.0 Å². The number of hydrogen-bond acceptors (Lipinski definition) is 8. The van der Waals surface area contributed by atoms with Crippen LogP contribution in [0.25, 0.3) is 0 Å². The molecule has 198 valence electrons. The summed E-state index contributed by atoms with van der Waals surface area (Å²) in [6.45, 7) is 15.0. The van der Waals surface area contributed by atoms with Crippen LogP contribution in [0, 0.1) is 5.92 Å². The topological polar surface area (TPSA) is 101 Å². The number of aliphatic hydroxyl groups excluding tert-OH is 1. The number of nitrogens with zero attached hydrogens (tertiary/aromatic N) is 2. The summed E-state index contributed by atoms with van der Waals surface area (Å²) in [6.07, 6.45) is 4.22. The van der Waals surface area contributed by atoms with Crippen LogP contribution in [0.5, 0.6) is 0 Å². The Morgan fingerprint density at radius 3 is 2.36 bits per heavy atom. The van der Waals surface area contributed by atoms with E-state index >= 15 is 0 Å². The number of ketones is 2. The van der Waals surface area contributed by atoms with E-state index in [4.69, 9.17) is 16.0 Å². The summed E-state index contributed by atoms with van der Waals surface area (Å²) in [7, 11) is -2.12. The predicted octanol–water partition coefficient (Wildman–Crippen LogP) is 6.37. The first kappa shape index (κ1) is 28.9. The molecule has 0 unspecified atom stereocenters. The monoisotopic (exact) mass is 551 g/mol. The van der Waals surface area contributed by atoms with Crippen molar-refractivity contribution in [2.75, 3.05) is 11.9 Å². The van der Waals surface area contributed by atoms with E-state index in [1.165, 1.54) is 19.4 Å². The third-order valence-corrected chi connectivity index (χ3v) is 14.9. The Kier molecular flexibility index (Phi) is 9.49. The fourth-order valence-electron chi connectivity index (χ4n) is 5.99. The van der Waals surface area contributed by atoms with Crippen molar-refractivity contribution in [3.05, 3.63) is 38.9 Å². The summed E-state index contributed by atoms with van der Waals surface area (Å²) in [5.41, 5.74) is 2.12. The lowest BCUT2D eigenvalue weighted by atomic mass is 10.0. The number of carbonyl (C=O) groups is 2. The van der Waals surface area contributed by atoms with Crippen LogP contribution in [0.15, 0.2) is 17.9 Å². The molecule has 2 heterocycles. The molecule has 3 atom stereocenters. The lowest BCUT2D eigenvalue weighted by molar-refractivity contribution is 0.0941. The van der Waals surface area contributed by atoms with Crippen LogP contribution in [0.3, 0.4) is 0 Å². The number of carbonyl (C=O) groups excluding carboxylic acids is 2. The molecular weight excluding hydrogens is 514 g/mol. The highest BCUT2D eigenvalue weighted by Gasteiger charge is 2.49. The van der Waals surface area contributed by atoms with Crippen LogP contribution >= 0.6 is 22.9 Å². The number of thiophene rings is 1. The number of halogens is 1. The van der Waals surface area contributed by atoms with Gasteiger partial charge in [0.2, 0.25) is 8.32 Å². The number of rotatable bonds is 11. The minimum absolute atomic E-state index is 0.00612. The summed E-state index contributed by atoms with van der Waals surface area (Å²) in [4.78, 5) is 33.9. The van der Waals surface area contributed by atoms with Gasteiger partial charge in [0.15, 0.2) is 11.6 Å². The Labute approximate surface area is 224 Å².